The quantitative estimate of drug-likeness (QED) is 0.149. The second-order valence-corrected chi connectivity index (χ2v) is 16.9. The fourth-order valence-corrected chi connectivity index (χ4v) is 10.1. The van der Waals surface area contributed by atoms with Gasteiger partial charge in [0.05, 0.1) is 16.7 Å². The van der Waals surface area contributed by atoms with Gasteiger partial charge in [0.2, 0.25) is 0 Å². The minimum atomic E-state index is 0.895. The zero-order valence-electron chi connectivity index (χ0n) is 35.4. The van der Waals surface area contributed by atoms with Crippen molar-refractivity contribution in [3.8, 4) is 39.1 Å². The first-order chi connectivity index (χ1) is 32.2. The van der Waals surface area contributed by atoms with Crippen molar-refractivity contribution in [3.63, 3.8) is 0 Å². The van der Waals surface area contributed by atoms with Gasteiger partial charge < -0.3 is 13.9 Å². The van der Waals surface area contributed by atoms with Gasteiger partial charge in [-0.15, -0.1) is 0 Å². The molecule has 0 fully saturated rings. The third-order valence-electron chi connectivity index (χ3n) is 13.2. The summed E-state index contributed by atoms with van der Waals surface area (Å²) in [6.07, 6.45) is 0. The Kier molecular flexibility index (Phi) is 8.53. The lowest BCUT2D eigenvalue weighted by Crippen LogP contribution is -2.10. The van der Waals surface area contributed by atoms with Crippen LogP contribution < -0.4 is 4.90 Å². The fourth-order valence-electron chi connectivity index (χ4n) is 10.1. The summed E-state index contributed by atoms with van der Waals surface area (Å²) in [5.41, 5.74) is 15.3. The maximum atomic E-state index is 6.55. The van der Waals surface area contributed by atoms with Crippen LogP contribution in [0.1, 0.15) is 0 Å². The largest absolute Gasteiger partial charge is 0.455 e. The number of benzene rings is 11. The first kappa shape index (κ1) is 36.9. The number of hydrogen-bond donors (Lipinski definition) is 0. The number of anilines is 3. The van der Waals surface area contributed by atoms with Crippen molar-refractivity contribution in [1.82, 2.24) is 4.57 Å². The van der Waals surface area contributed by atoms with Crippen molar-refractivity contribution in [2.24, 2.45) is 0 Å². The number of aromatic nitrogens is 1. The molecule has 0 N–H and O–H groups in total. The zero-order chi connectivity index (χ0) is 42.8. The van der Waals surface area contributed by atoms with Crippen molar-refractivity contribution in [1.29, 1.82) is 0 Å². The molecule has 2 heterocycles. The van der Waals surface area contributed by atoms with Crippen LogP contribution in [-0.4, -0.2) is 4.57 Å². The highest BCUT2D eigenvalue weighted by molar-refractivity contribution is 6.11. The van der Waals surface area contributed by atoms with Crippen LogP contribution in [0.5, 0.6) is 0 Å². The van der Waals surface area contributed by atoms with Crippen LogP contribution in [0.15, 0.2) is 247 Å². The molecule has 304 valence electrons. The summed E-state index contributed by atoms with van der Waals surface area (Å²) in [5, 5.41) is 9.77. The Balaban J connectivity index is 0.951. The van der Waals surface area contributed by atoms with Crippen LogP contribution >= 0.6 is 0 Å². The van der Waals surface area contributed by atoms with E-state index < -0.39 is 0 Å². The van der Waals surface area contributed by atoms with Crippen molar-refractivity contribution >= 4 is 82.4 Å². The topological polar surface area (TPSA) is 21.3 Å². The molecule has 0 radical (unpaired) electrons. The number of furan rings is 1. The number of rotatable bonds is 7. The fraction of sp³-hybridized carbons (Fsp3) is 0. The summed E-state index contributed by atoms with van der Waals surface area (Å²) in [6.45, 7) is 0. The molecule has 0 atom stereocenters. The van der Waals surface area contributed by atoms with Crippen LogP contribution in [0, 0.1) is 0 Å². The summed E-state index contributed by atoms with van der Waals surface area (Å²) in [7, 11) is 0. The molecule has 3 nitrogen and oxygen atoms in total. The molecule has 11 aromatic carbocycles. The molecule has 13 rings (SSSR count). The highest BCUT2D eigenvalue weighted by atomic mass is 16.3. The Morgan fingerprint density at radius 1 is 0.308 bits per heavy atom. The average Bonchev–Trinajstić information content (AvgIpc) is 3.93. The molecule has 0 bridgehead atoms. The molecule has 3 heteroatoms. The lowest BCUT2D eigenvalue weighted by Gasteiger charge is -2.27. The Morgan fingerprint density at radius 2 is 0.862 bits per heavy atom. The zero-order valence-corrected chi connectivity index (χ0v) is 35.4. The summed E-state index contributed by atoms with van der Waals surface area (Å²) >= 11 is 0. The molecule has 0 aliphatic carbocycles. The number of nitrogens with zero attached hydrogens (tertiary/aromatic N) is 2. The van der Waals surface area contributed by atoms with E-state index in [1.54, 1.807) is 0 Å². The van der Waals surface area contributed by atoms with Gasteiger partial charge in [0.1, 0.15) is 11.2 Å². The van der Waals surface area contributed by atoms with Crippen molar-refractivity contribution in [2.45, 2.75) is 0 Å². The highest BCUT2D eigenvalue weighted by Crippen LogP contribution is 2.43. The van der Waals surface area contributed by atoms with E-state index >= 15 is 0 Å². The van der Waals surface area contributed by atoms with Gasteiger partial charge in [-0.25, -0.2) is 0 Å². The molecular formula is C62H40N2O. The molecule has 65 heavy (non-hydrogen) atoms. The third-order valence-corrected chi connectivity index (χ3v) is 13.2. The van der Waals surface area contributed by atoms with E-state index in [2.05, 4.69) is 240 Å². The molecule has 13 aromatic rings. The van der Waals surface area contributed by atoms with Crippen LogP contribution in [0.3, 0.4) is 0 Å². The molecule has 0 aliphatic heterocycles. The number of para-hydroxylation sites is 5. The van der Waals surface area contributed by atoms with Gasteiger partial charge in [-0.3, -0.25) is 0 Å². The molecule has 0 spiro atoms. The van der Waals surface area contributed by atoms with Gasteiger partial charge in [0.25, 0.3) is 0 Å². The minimum absolute atomic E-state index is 0.895. The molecule has 0 saturated heterocycles. The summed E-state index contributed by atoms with van der Waals surface area (Å²) < 4.78 is 8.96. The van der Waals surface area contributed by atoms with Gasteiger partial charge in [-0.2, -0.15) is 0 Å². The monoisotopic (exact) mass is 828 g/mol. The van der Waals surface area contributed by atoms with Gasteiger partial charge in [-0.1, -0.05) is 176 Å². The average molecular weight is 829 g/mol. The SMILES string of the molecule is c1cc(-c2ccc3c(ccc4ccccc43)c2)cc(N(c2ccc(-c3ccccc3-n3c4ccccc4c4ccccc43)cc2)c2cccc(-c3cccc4c3oc3ccccc34)c2)c1. The molecule has 0 amide bonds. The summed E-state index contributed by atoms with van der Waals surface area (Å²) in [5.74, 6) is 0. The van der Waals surface area contributed by atoms with E-state index in [4.69, 9.17) is 4.42 Å². The lowest BCUT2D eigenvalue weighted by molar-refractivity contribution is 0.670. The van der Waals surface area contributed by atoms with E-state index in [1.165, 1.54) is 54.5 Å². The van der Waals surface area contributed by atoms with Gasteiger partial charge in [0, 0.05) is 49.7 Å². The standard InChI is InChI=1S/C62H40N2O/c1-2-19-50-41(14-1)30-31-46-38-44(34-37-51(46)50)43-15-11-17-48(39-43)63(49-18-12-16-45(40-49)53-24-13-25-57-56-23-6-10-29-61(56)65-62(53)57)47-35-32-42(33-36-47)52-20-3-7-26-58(52)64-59-27-8-4-21-54(59)55-22-5-9-28-60(55)64/h1-40H. The predicted octanol–water partition coefficient (Wildman–Crippen LogP) is 17.5. The third kappa shape index (κ3) is 6.12. The van der Waals surface area contributed by atoms with Crippen LogP contribution in [0.4, 0.5) is 17.1 Å². The van der Waals surface area contributed by atoms with E-state index in [0.717, 1.165) is 66.9 Å². The normalized spacial score (nSPS) is 11.7. The van der Waals surface area contributed by atoms with Crippen LogP contribution in [0.25, 0.3) is 104 Å². The molecule has 0 aliphatic rings. The maximum absolute atomic E-state index is 6.55. The van der Waals surface area contributed by atoms with Crippen molar-refractivity contribution < 1.29 is 4.42 Å². The van der Waals surface area contributed by atoms with E-state index in [1.807, 2.05) is 12.1 Å². The second-order valence-electron chi connectivity index (χ2n) is 16.9. The van der Waals surface area contributed by atoms with Crippen molar-refractivity contribution in [2.75, 3.05) is 4.90 Å². The van der Waals surface area contributed by atoms with E-state index in [9.17, 15) is 0 Å². The highest BCUT2D eigenvalue weighted by Gasteiger charge is 2.19. The lowest BCUT2D eigenvalue weighted by atomic mass is 9.97. The first-order valence-electron chi connectivity index (χ1n) is 22.2. The van der Waals surface area contributed by atoms with Gasteiger partial charge in [-0.05, 0) is 111 Å². The Morgan fingerprint density at radius 3 is 1.66 bits per heavy atom. The van der Waals surface area contributed by atoms with E-state index in [0.29, 0.717) is 0 Å². The number of hydrogen-bond acceptors (Lipinski definition) is 2. The predicted molar refractivity (Wildman–Crippen MR) is 274 cm³/mol. The summed E-state index contributed by atoms with van der Waals surface area (Å²) in [6, 6.07) is 87.7. The first-order valence-corrected chi connectivity index (χ1v) is 22.2. The molecular weight excluding hydrogens is 789 g/mol. The van der Waals surface area contributed by atoms with E-state index in [-0.39, 0.29) is 0 Å². The van der Waals surface area contributed by atoms with Gasteiger partial charge >= 0.3 is 0 Å². The van der Waals surface area contributed by atoms with Crippen LogP contribution in [0.2, 0.25) is 0 Å². The molecule has 0 unspecified atom stereocenters. The Bertz CT molecular complexity index is 3910. The maximum Gasteiger partial charge on any atom is 0.143 e. The molecule has 0 saturated carbocycles. The van der Waals surface area contributed by atoms with Crippen LogP contribution in [-0.2, 0) is 0 Å². The van der Waals surface area contributed by atoms with Crippen molar-refractivity contribution in [3.05, 3.63) is 243 Å². The second kappa shape index (κ2) is 15.0. The van der Waals surface area contributed by atoms with Gasteiger partial charge in [0.15, 0.2) is 0 Å². The Labute approximate surface area is 376 Å². The minimum Gasteiger partial charge on any atom is -0.455 e. The molecule has 2 aromatic heterocycles. The summed E-state index contributed by atoms with van der Waals surface area (Å²) in [4.78, 5) is 2.38. The number of fused-ring (bicyclic) bond motifs is 9. The smallest absolute Gasteiger partial charge is 0.143 e. The Hall–Kier alpha value is -8.66.